The Bertz CT molecular complexity index is 982. The Morgan fingerprint density at radius 2 is 1.95 bits per heavy atom. The minimum atomic E-state index is 0.0827. The Morgan fingerprint density at radius 3 is 2.95 bits per heavy atom. The van der Waals surface area contributed by atoms with E-state index in [9.17, 15) is 0 Å². The quantitative estimate of drug-likeness (QED) is 0.563. The summed E-state index contributed by atoms with van der Waals surface area (Å²) in [4.78, 5) is 7.77. The first-order valence-corrected chi connectivity index (χ1v) is 7.57. The average Bonchev–Trinajstić information content (AvgIpc) is 3.18. The predicted octanol–water partition coefficient (Wildman–Crippen LogP) is 3.54. The van der Waals surface area contributed by atoms with Crippen LogP contribution in [0.15, 0.2) is 53.2 Å². The van der Waals surface area contributed by atoms with Gasteiger partial charge in [0.1, 0.15) is 11.2 Å². The molecule has 4 aromatic rings. The molecule has 1 aliphatic heterocycles. The summed E-state index contributed by atoms with van der Waals surface area (Å²) in [5, 5.41) is 5.90. The lowest BCUT2D eigenvalue weighted by Gasteiger charge is -2.23. The zero-order chi connectivity index (χ0) is 14.5. The van der Waals surface area contributed by atoms with Crippen LogP contribution in [0, 0.1) is 0 Å². The maximum Gasteiger partial charge on any atom is 0.140 e. The number of nitrogens with zero attached hydrogens (tertiary/aromatic N) is 1. The number of benzene rings is 2. The lowest BCUT2D eigenvalue weighted by atomic mass is 9.96. The van der Waals surface area contributed by atoms with Crippen LogP contribution in [0.5, 0.6) is 0 Å². The third-order valence-corrected chi connectivity index (χ3v) is 4.49. The van der Waals surface area contributed by atoms with E-state index in [4.69, 9.17) is 4.42 Å². The molecule has 0 spiro atoms. The summed E-state index contributed by atoms with van der Waals surface area (Å²) < 4.78 is 6.15. The fourth-order valence-electron chi connectivity index (χ4n) is 3.47. The molecular formula is C18H15N3O. The van der Waals surface area contributed by atoms with Crippen LogP contribution in [0.1, 0.15) is 23.0 Å². The number of aromatic nitrogens is 2. The van der Waals surface area contributed by atoms with Crippen molar-refractivity contribution in [2.24, 2.45) is 0 Å². The number of hydrogen-bond donors (Lipinski definition) is 2. The number of H-pyrrole nitrogens is 1. The Kier molecular flexibility index (Phi) is 2.43. The highest BCUT2D eigenvalue weighted by atomic mass is 16.3. The van der Waals surface area contributed by atoms with Crippen LogP contribution in [0.2, 0.25) is 0 Å². The van der Waals surface area contributed by atoms with Gasteiger partial charge in [0, 0.05) is 35.0 Å². The summed E-state index contributed by atoms with van der Waals surface area (Å²) in [6.45, 7) is 0.941. The average molecular weight is 289 g/mol. The van der Waals surface area contributed by atoms with Crippen molar-refractivity contribution in [1.82, 2.24) is 15.3 Å². The molecule has 2 N–H and O–H groups in total. The van der Waals surface area contributed by atoms with Crippen molar-refractivity contribution < 1.29 is 4.42 Å². The molecule has 2 aromatic carbocycles. The highest BCUT2D eigenvalue weighted by Gasteiger charge is 2.26. The van der Waals surface area contributed by atoms with E-state index in [-0.39, 0.29) is 6.04 Å². The normalized spacial score (nSPS) is 17.9. The van der Waals surface area contributed by atoms with Crippen molar-refractivity contribution in [3.63, 3.8) is 0 Å². The van der Waals surface area contributed by atoms with Gasteiger partial charge in [-0.1, -0.05) is 36.4 Å². The second kappa shape index (κ2) is 4.45. The van der Waals surface area contributed by atoms with Crippen molar-refractivity contribution in [3.8, 4) is 0 Å². The fraction of sp³-hybridized carbons (Fsp3) is 0.167. The van der Waals surface area contributed by atoms with Gasteiger partial charge in [-0.3, -0.25) is 0 Å². The summed E-state index contributed by atoms with van der Waals surface area (Å²) in [7, 11) is 0. The minimum absolute atomic E-state index is 0.0827. The first-order chi connectivity index (χ1) is 10.9. The molecule has 3 heterocycles. The van der Waals surface area contributed by atoms with E-state index in [1.807, 2.05) is 12.1 Å². The van der Waals surface area contributed by atoms with Crippen molar-refractivity contribution in [2.45, 2.75) is 12.5 Å². The lowest BCUT2D eigenvalue weighted by molar-refractivity contribution is 0.547. The Morgan fingerprint density at radius 1 is 1.05 bits per heavy atom. The van der Waals surface area contributed by atoms with E-state index >= 15 is 0 Å². The van der Waals surface area contributed by atoms with E-state index in [2.05, 4.69) is 45.6 Å². The van der Waals surface area contributed by atoms with Crippen LogP contribution in [-0.2, 0) is 6.42 Å². The van der Waals surface area contributed by atoms with Gasteiger partial charge in [0.2, 0.25) is 0 Å². The van der Waals surface area contributed by atoms with Gasteiger partial charge in [-0.05, 0) is 6.07 Å². The number of aromatic amines is 1. The predicted molar refractivity (Wildman–Crippen MR) is 85.9 cm³/mol. The van der Waals surface area contributed by atoms with Crippen molar-refractivity contribution in [2.75, 3.05) is 6.54 Å². The molecule has 5 rings (SSSR count). The Hall–Kier alpha value is -2.59. The monoisotopic (exact) mass is 289 g/mol. The number of rotatable bonds is 1. The van der Waals surface area contributed by atoms with Gasteiger partial charge in [0.15, 0.2) is 0 Å². The van der Waals surface area contributed by atoms with Crippen LogP contribution in [-0.4, -0.2) is 16.5 Å². The van der Waals surface area contributed by atoms with Crippen LogP contribution in [0.25, 0.3) is 21.9 Å². The number of imidazole rings is 1. The summed E-state index contributed by atoms with van der Waals surface area (Å²) in [6, 6.07) is 14.6. The van der Waals surface area contributed by atoms with Gasteiger partial charge in [-0.25, -0.2) is 4.98 Å². The van der Waals surface area contributed by atoms with Gasteiger partial charge in [0.25, 0.3) is 0 Å². The summed E-state index contributed by atoms with van der Waals surface area (Å²) in [5.74, 6) is 0. The maximum atomic E-state index is 6.15. The molecule has 1 atom stereocenters. The highest BCUT2D eigenvalue weighted by molar-refractivity contribution is 6.06. The molecule has 1 aliphatic rings. The minimum Gasteiger partial charge on any atom is -0.456 e. The molecule has 22 heavy (non-hydrogen) atoms. The zero-order valence-corrected chi connectivity index (χ0v) is 12.0. The van der Waals surface area contributed by atoms with E-state index in [0.29, 0.717) is 0 Å². The van der Waals surface area contributed by atoms with Crippen LogP contribution < -0.4 is 5.32 Å². The largest absolute Gasteiger partial charge is 0.456 e. The van der Waals surface area contributed by atoms with Crippen LogP contribution in [0.3, 0.4) is 0 Å². The molecule has 108 valence electrons. The molecule has 0 aliphatic carbocycles. The second-order valence-electron chi connectivity index (χ2n) is 5.73. The Balaban J connectivity index is 1.79. The number of nitrogens with one attached hydrogen (secondary N) is 2. The number of fused-ring (bicyclic) bond motifs is 4. The van der Waals surface area contributed by atoms with Gasteiger partial charge in [-0.15, -0.1) is 0 Å². The molecule has 0 amide bonds. The van der Waals surface area contributed by atoms with E-state index in [0.717, 1.165) is 46.2 Å². The van der Waals surface area contributed by atoms with Gasteiger partial charge in [0.05, 0.1) is 18.1 Å². The molecule has 0 bridgehead atoms. The van der Waals surface area contributed by atoms with Crippen molar-refractivity contribution in [1.29, 1.82) is 0 Å². The number of para-hydroxylation sites is 2. The molecule has 0 radical (unpaired) electrons. The standard InChI is InChI=1S/C18H15N3O/c1-2-7-15-11(4-1)12-5-3-6-13(18(12)22-15)16-17-14(8-9-19-16)20-10-21-17/h1-7,10,16,19H,8-9H2,(H,20,21). The molecule has 0 saturated carbocycles. The Labute approximate surface area is 127 Å². The molecular weight excluding hydrogens is 274 g/mol. The number of furan rings is 1. The third kappa shape index (κ3) is 1.58. The van der Waals surface area contributed by atoms with Crippen molar-refractivity contribution in [3.05, 3.63) is 65.7 Å². The third-order valence-electron chi connectivity index (χ3n) is 4.49. The molecule has 1 unspecified atom stereocenters. The van der Waals surface area contributed by atoms with Gasteiger partial charge < -0.3 is 14.7 Å². The first-order valence-electron chi connectivity index (χ1n) is 7.57. The van der Waals surface area contributed by atoms with Crippen LogP contribution in [0.4, 0.5) is 0 Å². The smallest absolute Gasteiger partial charge is 0.140 e. The number of hydrogen-bond acceptors (Lipinski definition) is 3. The SMILES string of the molecule is c1ccc2c(c1)oc1c(C3NCCc4[nH]cnc43)cccc12. The molecule has 2 aromatic heterocycles. The van der Waals surface area contributed by atoms with E-state index in [1.165, 1.54) is 5.69 Å². The fourth-order valence-corrected chi connectivity index (χ4v) is 3.47. The second-order valence-corrected chi connectivity index (χ2v) is 5.73. The van der Waals surface area contributed by atoms with E-state index < -0.39 is 0 Å². The zero-order valence-electron chi connectivity index (χ0n) is 12.0. The van der Waals surface area contributed by atoms with Gasteiger partial charge in [-0.2, -0.15) is 0 Å². The molecule has 0 saturated heterocycles. The van der Waals surface area contributed by atoms with E-state index in [1.54, 1.807) is 6.33 Å². The van der Waals surface area contributed by atoms with Crippen LogP contribution >= 0.6 is 0 Å². The van der Waals surface area contributed by atoms with Crippen molar-refractivity contribution >= 4 is 21.9 Å². The van der Waals surface area contributed by atoms with Gasteiger partial charge >= 0.3 is 0 Å². The molecule has 4 nitrogen and oxygen atoms in total. The summed E-state index contributed by atoms with van der Waals surface area (Å²) in [5.41, 5.74) is 5.35. The lowest BCUT2D eigenvalue weighted by Crippen LogP contribution is -2.30. The molecule has 4 heteroatoms. The first kappa shape index (κ1) is 12.0. The topological polar surface area (TPSA) is 53.9 Å². The summed E-state index contributed by atoms with van der Waals surface area (Å²) in [6.07, 6.45) is 2.77. The molecule has 0 fully saturated rings. The highest BCUT2D eigenvalue weighted by Crippen LogP contribution is 2.36. The summed E-state index contributed by atoms with van der Waals surface area (Å²) >= 11 is 0. The maximum absolute atomic E-state index is 6.15.